The fraction of sp³-hybridized carbons (Fsp3) is 0.524. The lowest BCUT2D eigenvalue weighted by Crippen LogP contribution is -2.66. The van der Waals surface area contributed by atoms with Crippen molar-refractivity contribution in [3.63, 3.8) is 0 Å². The molecule has 4 heteroatoms. The topological polar surface area (TPSA) is 38.7 Å². The average molecular weight is 637 g/mol. The molecule has 0 amide bonds. The Balaban J connectivity index is 0.950. The third kappa shape index (κ3) is 6.55. The first-order valence-corrected chi connectivity index (χ1v) is 20.0. The number of rotatable bonds is 12. The van der Waals surface area contributed by atoms with Gasteiger partial charge in [0.2, 0.25) is 0 Å². The Labute approximate surface area is 279 Å². The quantitative estimate of drug-likeness (QED) is 0.122. The van der Waals surface area contributed by atoms with E-state index < -0.39 is 8.32 Å². The number of hydrogen-bond acceptors (Lipinski definition) is 3. The molecule has 3 nitrogen and oxygen atoms in total. The highest BCUT2D eigenvalue weighted by atomic mass is 28.4. The van der Waals surface area contributed by atoms with Crippen LogP contribution >= 0.6 is 0 Å². The SMILES string of the molecule is CC(C)(C)[Si](OCCCC/C=C/CCO[C@H]1CC[C@H]2[C@@H]3CCc4cc(O)ccc4[C@H]3CC[C@]12C)(c1ccccc1)c1ccccc1. The highest BCUT2D eigenvalue weighted by Crippen LogP contribution is 2.61. The highest BCUT2D eigenvalue weighted by Gasteiger charge is 2.55. The maximum absolute atomic E-state index is 9.99. The van der Waals surface area contributed by atoms with Crippen molar-refractivity contribution in [3.05, 3.63) is 102 Å². The van der Waals surface area contributed by atoms with Crippen LogP contribution < -0.4 is 10.4 Å². The summed E-state index contributed by atoms with van der Waals surface area (Å²) in [6, 6.07) is 28.0. The van der Waals surface area contributed by atoms with Gasteiger partial charge >= 0.3 is 0 Å². The Morgan fingerprint density at radius 1 is 0.826 bits per heavy atom. The molecule has 0 spiro atoms. The second-order valence-electron chi connectivity index (χ2n) is 15.5. The minimum absolute atomic E-state index is 0.0258. The van der Waals surface area contributed by atoms with Gasteiger partial charge in [0, 0.05) is 6.61 Å². The molecule has 0 bridgehead atoms. The van der Waals surface area contributed by atoms with Gasteiger partial charge in [0.15, 0.2) is 0 Å². The summed E-state index contributed by atoms with van der Waals surface area (Å²) >= 11 is 0. The molecule has 46 heavy (non-hydrogen) atoms. The lowest BCUT2D eigenvalue weighted by Gasteiger charge is -2.50. The first kappa shape index (κ1) is 33.2. The van der Waals surface area contributed by atoms with Gasteiger partial charge < -0.3 is 14.3 Å². The molecule has 3 aliphatic carbocycles. The van der Waals surface area contributed by atoms with Gasteiger partial charge in [-0.3, -0.25) is 0 Å². The molecule has 3 aromatic carbocycles. The first-order chi connectivity index (χ1) is 22.2. The Kier molecular flexibility index (Phi) is 10.3. The van der Waals surface area contributed by atoms with Gasteiger partial charge in [0.05, 0.1) is 12.7 Å². The van der Waals surface area contributed by atoms with E-state index in [2.05, 4.69) is 107 Å². The number of aryl methyl sites for hydroxylation is 1. The number of phenolic OH excluding ortho intramolecular Hbond substituents is 1. The third-order valence-electron chi connectivity index (χ3n) is 11.9. The zero-order valence-corrected chi connectivity index (χ0v) is 29.7. The molecule has 0 unspecified atom stereocenters. The van der Waals surface area contributed by atoms with E-state index in [1.54, 1.807) is 0 Å². The second-order valence-corrected chi connectivity index (χ2v) is 19.9. The highest BCUT2D eigenvalue weighted by molar-refractivity contribution is 6.99. The molecule has 5 atom stereocenters. The second kappa shape index (κ2) is 14.2. The van der Waals surface area contributed by atoms with Crippen molar-refractivity contribution in [2.24, 2.45) is 17.3 Å². The van der Waals surface area contributed by atoms with E-state index >= 15 is 0 Å². The van der Waals surface area contributed by atoms with Crippen molar-refractivity contribution in [1.82, 2.24) is 0 Å². The summed E-state index contributed by atoms with van der Waals surface area (Å²) in [6.07, 6.45) is 16.8. The molecule has 246 valence electrons. The van der Waals surface area contributed by atoms with E-state index in [4.69, 9.17) is 9.16 Å². The Hall–Kier alpha value is -2.66. The lowest BCUT2D eigenvalue weighted by molar-refractivity contribution is -0.0626. The van der Waals surface area contributed by atoms with E-state index in [1.165, 1.54) is 53.6 Å². The maximum atomic E-state index is 9.99. The predicted molar refractivity (Wildman–Crippen MR) is 194 cm³/mol. The van der Waals surface area contributed by atoms with E-state index in [9.17, 15) is 5.11 Å². The molecule has 0 heterocycles. The number of phenols is 1. The largest absolute Gasteiger partial charge is 0.508 e. The number of aromatic hydroxyl groups is 1. The summed E-state index contributed by atoms with van der Waals surface area (Å²) in [5, 5.41) is 12.7. The molecule has 1 N–H and O–H groups in total. The zero-order valence-electron chi connectivity index (χ0n) is 28.7. The molecule has 2 fully saturated rings. The fourth-order valence-corrected chi connectivity index (χ4v) is 14.3. The summed E-state index contributed by atoms with van der Waals surface area (Å²) in [5.74, 6) is 2.62. The number of allylic oxidation sites excluding steroid dienone is 1. The number of unbranched alkanes of at least 4 members (excludes halogenated alkanes) is 2. The van der Waals surface area contributed by atoms with Crippen LogP contribution in [0.3, 0.4) is 0 Å². The van der Waals surface area contributed by atoms with E-state index in [-0.39, 0.29) is 5.04 Å². The predicted octanol–water partition coefficient (Wildman–Crippen LogP) is 9.33. The molecule has 3 aliphatic rings. The monoisotopic (exact) mass is 636 g/mol. The van der Waals surface area contributed by atoms with Gasteiger partial charge in [-0.05, 0) is 126 Å². The molecule has 6 rings (SSSR count). The molecule has 3 aromatic rings. The summed E-state index contributed by atoms with van der Waals surface area (Å²) in [5.41, 5.74) is 3.21. The van der Waals surface area contributed by atoms with Crippen LogP contribution in [0.25, 0.3) is 0 Å². The normalized spacial score (nSPS) is 26.1. The van der Waals surface area contributed by atoms with Crippen molar-refractivity contribution >= 4 is 18.7 Å². The van der Waals surface area contributed by atoms with Crippen LogP contribution in [0.1, 0.15) is 103 Å². The molecular weight excluding hydrogens is 581 g/mol. The van der Waals surface area contributed by atoms with Crippen LogP contribution in [-0.2, 0) is 15.6 Å². The minimum atomic E-state index is -2.44. The van der Waals surface area contributed by atoms with Gasteiger partial charge in [-0.1, -0.05) is 107 Å². The summed E-state index contributed by atoms with van der Waals surface area (Å²) < 4.78 is 13.7. The molecule has 0 aliphatic heterocycles. The van der Waals surface area contributed by atoms with E-state index in [0.717, 1.165) is 57.2 Å². The summed E-state index contributed by atoms with van der Waals surface area (Å²) in [7, 11) is -2.44. The van der Waals surface area contributed by atoms with Gasteiger partial charge in [-0.15, -0.1) is 0 Å². The van der Waals surface area contributed by atoms with Gasteiger partial charge in [0.25, 0.3) is 8.32 Å². The van der Waals surface area contributed by atoms with Crippen LogP contribution in [0.2, 0.25) is 5.04 Å². The molecule has 0 radical (unpaired) electrons. The summed E-state index contributed by atoms with van der Waals surface area (Å²) in [6.45, 7) is 11.2. The van der Waals surface area contributed by atoms with Crippen molar-refractivity contribution in [3.8, 4) is 5.75 Å². The van der Waals surface area contributed by atoms with Crippen LogP contribution in [0.4, 0.5) is 0 Å². The van der Waals surface area contributed by atoms with Crippen LogP contribution in [0.5, 0.6) is 5.75 Å². The number of hydrogen-bond donors (Lipinski definition) is 1. The summed E-state index contributed by atoms with van der Waals surface area (Å²) in [4.78, 5) is 0. The zero-order chi connectivity index (χ0) is 32.2. The smallest absolute Gasteiger partial charge is 0.261 e. The average Bonchev–Trinajstić information content (AvgIpc) is 3.39. The number of benzene rings is 3. The molecule has 2 saturated carbocycles. The Morgan fingerprint density at radius 3 is 2.22 bits per heavy atom. The van der Waals surface area contributed by atoms with Gasteiger partial charge in [-0.25, -0.2) is 0 Å². The maximum Gasteiger partial charge on any atom is 0.261 e. The fourth-order valence-electron chi connectivity index (χ4n) is 9.66. The van der Waals surface area contributed by atoms with Crippen LogP contribution in [-0.4, -0.2) is 32.7 Å². The van der Waals surface area contributed by atoms with Crippen LogP contribution in [0, 0.1) is 17.3 Å². The van der Waals surface area contributed by atoms with E-state index in [1.807, 2.05) is 12.1 Å². The standard InChI is InChI=1S/C42H56O3Si/c1-41(2,3)46(34-17-11-9-12-18-34,35-19-13-10-14-20-35)45-30-16-8-6-5-7-15-29-44-40-26-25-39-38-23-21-32-31-33(43)22-24-36(32)37(38)27-28-42(39,40)4/h5,7,9-14,17-20,22,24,31,37-40,43H,6,8,15-16,21,23,25-30H2,1-4H3/b7-5+/t37-,38-,39+,40+,42+/m1/s1. The Morgan fingerprint density at radius 2 is 1.52 bits per heavy atom. The number of fused-ring (bicyclic) bond motifs is 5. The van der Waals surface area contributed by atoms with Crippen molar-refractivity contribution in [2.45, 2.75) is 109 Å². The van der Waals surface area contributed by atoms with Gasteiger partial charge in [-0.2, -0.15) is 0 Å². The molecule has 0 saturated heterocycles. The molecular formula is C42H56O3Si. The Bertz CT molecular complexity index is 1410. The lowest BCUT2D eigenvalue weighted by atomic mass is 9.55. The van der Waals surface area contributed by atoms with Crippen molar-refractivity contribution < 1.29 is 14.3 Å². The number of ether oxygens (including phenoxy) is 1. The first-order valence-electron chi connectivity index (χ1n) is 18.1. The van der Waals surface area contributed by atoms with Crippen molar-refractivity contribution in [1.29, 1.82) is 0 Å². The van der Waals surface area contributed by atoms with Crippen molar-refractivity contribution in [2.75, 3.05) is 13.2 Å². The third-order valence-corrected chi connectivity index (χ3v) is 16.9. The minimum Gasteiger partial charge on any atom is -0.508 e. The van der Waals surface area contributed by atoms with E-state index in [0.29, 0.717) is 23.2 Å². The molecule has 0 aromatic heterocycles. The van der Waals surface area contributed by atoms with Crippen LogP contribution in [0.15, 0.2) is 91.0 Å². The van der Waals surface area contributed by atoms with Gasteiger partial charge in [0.1, 0.15) is 5.75 Å².